The number of hydrogen-bond donors (Lipinski definition) is 22. The third kappa shape index (κ3) is 12.8. The summed E-state index contributed by atoms with van der Waals surface area (Å²) in [6.45, 7) is -7.18. The molecule has 0 spiro atoms. The van der Waals surface area contributed by atoms with Crippen LogP contribution in [0.5, 0.6) is 0 Å². The van der Waals surface area contributed by atoms with Gasteiger partial charge in [-0.1, -0.05) is 0 Å². The van der Waals surface area contributed by atoms with Gasteiger partial charge in [0.05, 0.1) is 46.2 Å². The highest BCUT2D eigenvalue weighted by Crippen LogP contribution is 2.38. The van der Waals surface area contributed by atoms with Crippen LogP contribution in [0.25, 0.3) is 0 Å². The molecule has 21 saturated heterocycles. The number of aliphatic hydroxyl groups excluding tert-OH is 21. The lowest BCUT2D eigenvalue weighted by atomic mass is 9.95. The molecule has 21 heterocycles. The molecule has 0 aromatic carbocycles. The number of aliphatic hydroxyl groups is 21. The molecule has 0 saturated carbocycles. The zero-order chi connectivity index (χ0) is 57.5. The minimum absolute atomic E-state index is 0.319. The SMILES string of the molecule is OCCN[C@@H]1O[C@H]2O[C@H]3[C@H](O)[C@@H](O)[C@@H](O[C@H]4[C@H](O)[C@@H](O)[C@@H](O[C@H]5[C@H](O)[C@@H](O)[C@@H](O[C@H]6[C@H](O)[C@@H](O)[C@@H](O[C@H]7[C@H](O)[C@@H](O)[C@@H](O[C@H]8[C@H](O)[C@@H](O)[C@@H](O[C@H]1[C@H](O)[C@H]2O)O[C@@H]8CO)O[C@@H]7CO)O[C@@H]6CO)O[C@@H]5CO)O[C@@H]4CO)O[C@@H]3CO. The maximum absolute atomic E-state index is 11.5. The van der Waals surface area contributed by atoms with Crippen LogP contribution in [0.15, 0.2) is 0 Å². The van der Waals surface area contributed by atoms with E-state index >= 15 is 0 Å². The number of nitrogens with one attached hydrogen (secondary N) is 1. The monoisotopic (exact) mass is 1160 g/mol. The Balaban J connectivity index is 1.09. The van der Waals surface area contributed by atoms with Crippen molar-refractivity contribution < 1.29 is 174 Å². The summed E-state index contributed by atoms with van der Waals surface area (Å²) in [6, 6.07) is 0. The Kier molecular flexibility index (Phi) is 22.0. The van der Waals surface area contributed by atoms with Crippen molar-refractivity contribution in [2.24, 2.45) is 0 Å². The van der Waals surface area contributed by atoms with Gasteiger partial charge in [-0.05, 0) is 0 Å². The maximum atomic E-state index is 11.5. The topological polar surface area (TPSA) is 566 Å². The molecule has 35 atom stereocenters. The zero-order valence-corrected chi connectivity index (χ0v) is 41.5. The quantitative estimate of drug-likeness (QED) is 0.102. The largest absolute Gasteiger partial charge is 0.395 e. The van der Waals surface area contributed by atoms with Crippen LogP contribution in [0.2, 0.25) is 0 Å². The van der Waals surface area contributed by atoms with E-state index in [1.807, 2.05) is 0 Å². The van der Waals surface area contributed by atoms with Crippen LogP contribution in [-0.4, -0.2) is 375 Å². The van der Waals surface area contributed by atoms with E-state index in [-0.39, 0.29) is 6.54 Å². The smallest absolute Gasteiger partial charge is 0.188 e. The predicted octanol–water partition coefficient (Wildman–Crippen LogP) is -15.7. The standard InChI is InChI=1S/C43H73NO35/c45-2-1-44-36-35-21(58)28(65)43(79-36)77-34-14(8-51)70-41(26(63)19(34)56)75-32-12(6-49)68-39(24(61)17(32)54)73-30-10(4-47)66-37(22(59)15(30)52)72-29-9(3-46)67-38(23(60)16(29)53)74-31-11(5-48)69-40(25(62)18(31)55)76-33-13(7-50)71-42(78-35)27(64)20(33)57/h9-65H,1-8H2/t9-,10-,11-,12-,13-,14-,15-,16-,17-,18-,19-,20-,21-,22-,23-,24-,25-,26-,27-,28-,29-,30-,31-,32-,33-,34-,35+,36-,37-,38-,39-,40-,41-,42-,43-/m1/s1. The molecule has 22 N–H and O–H groups in total. The molecule has 0 radical (unpaired) electrons. The molecule has 0 aromatic heterocycles. The molecule has 21 aliphatic heterocycles. The van der Waals surface area contributed by atoms with Gasteiger partial charge in [-0.15, -0.1) is 0 Å². The van der Waals surface area contributed by atoms with Crippen molar-refractivity contribution in [2.45, 2.75) is 215 Å². The molecule has 0 aliphatic carbocycles. The van der Waals surface area contributed by atoms with Crippen LogP contribution in [0.1, 0.15) is 0 Å². The van der Waals surface area contributed by atoms with E-state index in [1.165, 1.54) is 0 Å². The van der Waals surface area contributed by atoms with Gasteiger partial charge < -0.3 is 174 Å². The van der Waals surface area contributed by atoms with Crippen LogP contribution < -0.4 is 5.32 Å². The lowest BCUT2D eigenvalue weighted by molar-refractivity contribution is -0.397. The first-order chi connectivity index (χ1) is 37.7. The van der Waals surface area contributed by atoms with Crippen molar-refractivity contribution in [3.63, 3.8) is 0 Å². The molecular formula is C43H73NO35. The molecule has 460 valence electrons. The van der Waals surface area contributed by atoms with Crippen LogP contribution in [0.4, 0.5) is 0 Å². The minimum atomic E-state index is -2.21. The molecule has 36 heteroatoms. The first-order valence-corrected chi connectivity index (χ1v) is 25.4. The Labute approximate surface area is 446 Å². The van der Waals surface area contributed by atoms with Gasteiger partial charge in [0.2, 0.25) is 0 Å². The fourth-order valence-corrected chi connectivity index (χ4v) is 10.6. The third-order valence-corrected chi connectivity index (χ3v) is 15.0. The highest BCUT2D eigenvalue weighted by Gasteiger charge is 2.59. The molecule has 21 aliphatic rings. The number of hydrogen-bond acceptors (Lipinski definition) is 36. The van der Waals surface area contributed by atoms with Gasteiger partial charge in [0.15, 0.2) is 44.0 Å². The van der Waals surface area contributed by atoms with Gasteiger partial charge in [0.25, 0.3) is 0 Å². The van der Waals surface area contributed by atoms with Crippen molar-refractivity contribution in [1.29, 1.82) is 0 Å². The number of rotatable bonds is 9. The van der Waals surface area contributed by atoms with E-state index in [4.69, 9.17) is 66.3 Å². The van der Waals surface area contributed by atoms with Crippen LogP contribution in [0.3, 0.4) is 0 Å². The summed E-state index contributed by atoms with van der Waals surface area (Å²) in [5.74, 6) is 0. The van der Waals surface area contributed by atoms with Crippen molar-refractivity contribution in [1.82, 2.24) is 5.32 Å². The Bertz CT molecular complexity index is 1860. The molecule has 14 bridgehead atoms. The second-order valence-corrected chi connectivity index (χ2v) is 20.0. The average Bonchev–Trinajstić information content (AvgIpc) is 3.52. The second-order valence-electron chi connectivity index (χ2n) is 20.0. The predicted molar refractivity (Wildman–Crippen MR) is 236 cm³/mol. The van der Waals surface area contributed by atoms with E-state index in [9.17, 15) is 107 Å². The normalized spacial score (nSPS) is 54.3. The minimum Gasteiger partial charge on any atom is -0.395 e. The van der Waals surface area contributed by atoms with Gasteiger partial charge in [0.1, 0.15) is 171 Å². The van der Waals surface area contributed by atoms with Crippen LogP contribution in [0, 0.1) is 0 Å². The van der Waals surface area contributed by atoms with Crippen LogP contribution in [-0.2, 0) is 66.3 Å². The molecule has 36 nitrogen and oxygen atoms in total. The summed E-state index contributed by atoms with van der Waals surface area (Å²) in [5.41, 5.74) is 0. The molecule has 0 aromatic rings. The van der Waals surface area contributed by atoms with Gasteiger partial charge in [-0.25, -0.2) is 0 Å². The first-order valence-electron chi connectivity index (χ1n) is 25.4. The Hall–Kier alpha value is -1.44. The van der Waals surface area contributed by atoms with Crippen molar-refractivity contribution in [3.8, 4) is 0 Å². The lowest BCUT2D eigenvalue weighted by Gasteiger charge is -2.50. The third-order valence-electron chi connectivity index (χ3n) is 15.0. The van der Waals surface area contributed by atoms with E-state index < -0.39 is 261 Å². The summed E-state index contributed by atoms with van der Waals surface area (Å²) in [7, 11) is 0. The van der Waals surface area contributed by atoms with Crippen LogP contribution >= 0.6 is 0 Å². The van der Waals surface area contributed by atoms with E-state index in [0.717, 1.165) is 0 Å². The van der Waals surface area contributed by atoms with E-state index in [1.54, 1.807) is 0 Å². The van der Waals surface area contributed by atoms with Gasteiger partial charge >= 0.3 is 0 Å². The molecular weight excluding hydrogens is 1090 g/mol. The van der Waals surface area contributed by atoms with Crippen molar-refractivity contribution in [2.75, 3.05) is 52.8 Å². The van der Waals surface area contributed by atoms with Gasteiger partial charge in [0, 0.05) is 6.54 Å². The highest BCUT2D eigenvalue weighted by molar-refractivity contribution is 5.01. The summed E-state index contributed by atoms with van der Waals surface area (Å²) >= 11 is 0. The highest BCUT2D eigenvalue weighted by atomic mass is 16.8. The van der Waals surface area contributed by atoms with E-state index in [2.05, 4.69) is 5.32 Å². The summed E-state index contributed by atoms with van der Waals surface area (Å²) < 4.78 is 80.1. The van der Waals surface area contributed by atoms with Gasteiger partial charge in [-0.2, -0.15) is 0 Å². The lowest BCUT2D eigenvalue weighted by Crippen LogP contribution is -2.69. The Morgan fingerprint density at radius 3 is 0.582 bits per heavy atom. The maximum Gasteiger partial charge on any atom is 0.188 e. The Morgan fingerprint density at radius 1 is 0.215 bits per heavy atom. The Morgan fingerprint density at radius 2 is 0.392 bits per heavy atom. The fourth-order valence-electron chi connectivity index (χ4n) is 10.6. The van der Waals surface area contributed by atoms with Gasteiger partial charge in [-0.3, -0.25) is 5.32 Å². The second kappa shape index (κ2) is 27.3. The molecule has 0 amide bonds. The molecule has 21 fully saturated rings. The van der Waals surface area contributed by atoms with Crippen molar-refractivity contribution in [3.05, 3.63) is 0 Å². The molecule has 79 heavy (non-hydrogen) atoms. The average molecular weight is 1160 g/mol. The number of ether oxygens (including phenoxy) is 14. The first kappa shape index (κ1) is 63.6. The fraction of sp³-hybridized carbons (Fsp3) is 1.00. The zero-order valence-electron chi connectivity index (χ0n) is 41.5. The van der Waals surface area contributed by atoms with E-state index in [0.29, 0.717) is 0 Å². The molecule has 0 unspecified atom stereocenters. The summed E-state index contributed by atoms with van der Waals surface area (Å²) in [6.07, 6.45) is -70.1. The summed E-state index contributed by atoms with van der Waals surface area (Å²) in [4.78, 5) is 0. The van der Waals surface area contributed by atoms with Crippen molar-refractivity contribution >= 4 is 0 Å². The molecule has 21 rings (SSSR count). The summed E-state index contributed by atoms with van der Waals surface area (Å²) in [5, 5.41) is 233.